The van der Waals surface area contributed by atoms with Crippen LogP contribution in [0.1, 0.15) is 17.4 Å². The molecule has 5 heteroatoms. The van der Waals surface area contributed by atoms with Crippen molar-refractivity contribution < 1.29 is 18.3 Å². The highest BCUT2D eigenvalue weighted by Gasteiger charge is 2.40. The van der Waals surface area contributed by atoms with Crippen molar-refractivity contribution in [2.45, 2.75) is 19.2 Å². The number of hydrogen-bond acceptors (Lipinski definition) is 2. The van der Waals surface area contributed by atoms with Gasteiger partial charge < -0.3 is 5.11 Å². The predicted octanol–water partition coefficient (Wildman–Crippen LogP) is 1.99. The zero-order valence-corrected chi connectivity index (χ0v) is 6.84. The van der Waals surface area contributed by atoms with Crippen molar-refractivity contribution in [2.75, 3.05) is 0 Å². The van der Waals surface area contributed by atoms with Gasteiger partial charge in [0.2, 0.25) is 0 Å². The molecule has 13 heavy (non-hydrogen) atoms. The molecule has 1 aromatic rings. The minimum absolute atomic E-state index is 0.368. The van der Waals surface area contributed by atoms with Crippen LogP contribution in [0.25, 0.3) is 0 Å². The Kier molecular flexibility index (Phi) is 2.56. The molecule has 0 unspecified atom stereocenters. The van der Waals surface area contributed by atoms with Crippen LogP contribution in [0.2, 0.25) is 0 Å². The smallest absolute Gasteiger partial charge is 0.378 e. The minimum atomic E-state index is -4.65. The lowest BCUT2D eigenvalue weighted by Gasteiger charge is -2.13. The number of hydrogen-bond donors (Lipinski definition) is 1. The molecule has 1 heterocycles. The van der Waals surface area contributed by atoms with Crippen molar-refractivity contribution in [3.05, 3.63) is 29.6 Å². The number of rotatable bonds is 1. The van der Waals surface area contributed by atoms with Gasteiger partial charge in [-0.15, -0.1) is 0 Å². The Balaban J connectivity index is 2.96. The molecule has 0 saturated carbocycles. The zero-order chi connectivity index (χ0) is 10.1. The van der Waals surface area contributed by atoms with E-state index in [2.05, 4.69) is 4.98 Å². The molecule has 0 aliphatic rings. The van der Waals surface area contributed by atoms with Crippen molar-refractivity contribution in [1.29, 1.82) is 0 Å². The first kappa shape index (κ1) is 9.98. The molecule has 1 rings (SSSR count). The average Bonchev–Trinajstić information content (AvgIpc) is 2.01. The Bertz CT molecular complexity index is 298. The summed E-state index contributed by atoms with van der Waals surface area (Å²) in [5.41, 5.74) is 0.265. The van der Waals surface area contributed by atoms with Crippen LogP contribution in [-0.4, -0.2) is 16.3 Å². The van der Waals surface area contributed by atoms with Crippen molar-refractivity contribution >= 4 is 0 Å². The second kappa shape index (κ2) is 3.33. The number of alkyl halides is 3. The van der Waals surface area contributed by atoms with E-state index in [1.807, 2.05) is 0 Å². The molecule has 0 saturated heterocycles. The van der Waals surface area contributed by atoms with E-state index < -0.39 is 12.3 Å². The van der Waals surface area contributed by atoms with E-state index in [1.54, 1.807) is 13.0 Å². The van der Waals surface area contributed by atoms with Gasteiger partial charge >= 0.3 is 6.18 Å². The van der Waals surface area contributed by atoms with Crippen LogP contribution in [0.4, 0.5) is 13.2 Å². The second-order valence-corrected chi connectivity index (χ2v) is 2.70. The fourth-order valence-electron chi connectivity index (χ4n) is 0.877. The second-order valence-electron chi connectivity index (χ2n) is 2.70. The van der Waals surface area contributed by atoms with Crippen LogP contribution in [0, 0.1) is 6.92 Å². The van der Waals surface area contributed by atoms with Gasteiger partial charge in [0.1, 0.15) is 0 Å². The standard InChI is InChI=1S/C8H8F3NO/c1-5-2-3-12-6(4-5)7(13)8(9,10)11/h2-4,7,13H,1H3/t7-/m0/s1. The maximum absolute atomic E-state index is 12.0. The van der Waals surface area contributed by atoms with Gasteiger partial charge in [0.15, 0.2) is 6.10 Å². The van der Waals surface area contributed by atoms with Gasteiger partial charge in [-0.2, -0.15) is 13.2 Å². The van der Waals surface area contributed by atoms with Crippen LogP contribution in [0.3, 0.4) is 0 Å². The molecular formula is C8H8F3NO. The van der Waals surface area contributed by atoms with Gasteiger partial charge in [-0.05, 0) is 24.6 Å². The Morgan fingerprint density at radius 2 is 2.08 bits per heavy atom. The van der Waals surface area contributed by atoms with Crippen LogP contribution in [0.5, 0.6) is 0 Å². The minimum Gasteiger partial charge on any atom is -0.378 e. The van der Waals surface area contributed by atoms with Crippen LogP contribution < -0.4 is 0 Å². The first-order chi connectivity index (χ1) is 5.91. The molecule has 0 spiro atoms. The number of aliphatic hydroxyl groups excluding tert-OH is 1. The average molecular weight is 191 g/mol. The van der Waals surface area contributed by atoms with Crippen molar-refractivity contribution in [3.8, 4) is 0 Å². The molecule has 0 aliphatic carbocycles. The molecule has 1 N–H and O–H groups in total. The molecule has 2 nitrogen and oxygen atoms in total. The summed E-state index contributed by atoms with van der Waals surface area (Å²) < 4.78 is 35.9. The van der Waals surface area contributed by atoms with E-state index in [0.717, 1.165) is 0 Å². The molecule has 72 valence electrons. The third-order valence-corrected chi connectivity index (χ3v) is 1.53. The zero-order valence-electron chi connectivity index (χ0n) is 6.84. The largest absolute Gasteiger partial charge is 0.420 e. The fraction of sp³-hybridized carbons (Fsp3) is 0.375. The van der Waals surface area contributed by atoms with E-state index in [0.29, 0.717) is 5.56 Å². The summed E-state index contributed by atoms with van der Waals surface area (Å²) in [6, 6.07) is 2.77. The Morgan fingerprint density at radius 1 is 1.46 bits per heavy atom. The van der Waals surface area contributed by atoms with Gasteiger partial charge in [0.05, 0.1) is 5.69 Å². The number of aromatic nitrogens is 1. The maximum Gasteiger partial charge on any atom is 0.420 e. The lowest BCUT2D eigenvalue weighted by Crippen LogP contribution is -2.21. The molecule has 0 aromatic carbocycles. The summed E-state index contributed by atoms with van der Waals surface area (Å²) >= 11 is 0. The van der Waals surface area contributed by atoms with E-state index in [9.17, 15) is 13.2 Å². The van der Waals surface area contributed by atoms with Gasteiger partial charge in [-0.1, -0.05) is 0 Å². The van der Waals surface area contributed by atoms with Crippen molar-refractivity contribution in [3.63, 3.8) is 0 Å². The summed E-state index contributed by atoms with van der Waals surface area (Å²) in [5.74, 6) is 0. The third kappa shape index (κ3) is 2.42. The van der Waals surface area contributed by atoms with Crippen LogP contribution in [-0.2, 0) is 0 Å². The molecule has 0 radical (unpaired) electrons. The fourth-order valence-corrected chi connectivity index (χ4v) is 0.877. The van der Waals surface area contributed by atoms with Gasteiger partial charge in [0.25, 0.3) is 0 Å². The first-order valence-corrected chi connectivity index (χ1v) is 3.58. The lowest BCUT2D eigenvalue weighted by molar-refractivity contribution is -0.207. The Morgan fingerprint density at radius 3 is 2.54 bits per heavy atom. The molecule has 0 amide bonds. The molecule has 1 atom stereocenters. The predicted molar refractivity (Wildman–Crippen MR) is 40.0 cm³/mol. The maximum atomic E-state index is 12.0. The number of pyridine rings is 1. The summed E-state index contributed by atoms with van der Waals surface area (Å²) in [4.78, 5) is 3.44. The van der Waals surface area contributed by atoms with Crippen LogP contribution in [0.15, 0.2) is 18.3 Å². The van der Waals surface area contributed by atoms with Crippen molar-refractivity contribution in [2.24, 2.45) is 0 Å². The normalized spacial score (nSPS) is 14.2. The van der Waals surface area contributed by atoms with E-state index >= 15 is 0 Å². The monoisotopic (exact) mass is 191 g/mol. The summed E-state index contributed by atoms with van der Waals surface area (Å²) in [6.45, 7) is 1.63. The van der Waals surface area contributed by atoms with Gasteiger partial charge in [-0.3, -0.25) is 4.98 Å². The third-order valence-electron chi connectivity index (χ3n) is 1.53. The van der Waals surface area contributed by atoms with Gasteiger partial charge in [-0.25, -0.2) is 0 Å². The number of aryl methyl sites for hydroxylation is 1. The van der Waals surface area contributed by atoms with E-state index in [-0.39, 0.29) is 5.69 Å². The molecular weight excluding hydrogens is 183 g/mol. The molecule has 1 aromatic heterocycles. The number of halogens is 3. The molecule has 0 fully saturated rings. The summed E-state index contributed by atoms with van der Waals surface area (Å²) in [6.07, 6.45) is -5.91. The number of aliphatic hydroxyl groups is 1. The highest BCUT2D eigenvalue weighted by molar-refractivity contribution is 5.16. The molecule has 0 aliphatic heterocycles. The quantitative estimate of drug-likeness (QED) is 0.736. The first-order valence-electron chi connectivity index (χ1n) is 3.58. The summed E-state index contributed by atoms with van der Waals surface area (Å²) in [5, 5.41) is 8.79. The van der Waals surface area contributed by atoms with Crippen molar-refractivity contribution in [1.82, 2.24) is 4.98 Å². The SMILES string of the molecule is Cc1ccnc([C@H](O)C(F)(F)F)c1. The molecule has 0 bridgehead atoms. The number of nitrogens with zero attached hydrogens (tertiary/aromatic N) is 1. The highest BCUT2D eigenvalue weighted by atomic mass is 19.4. The van der Waals surface area contributed by atoms with Gasteiger partial charge in [0, 0.05) is 6.20 Å². The Hall–Kier alpha value is -1.10. The Labute approximate surface area is 73.0 Å². The van der Waals surface area contributed by atoms with E-state index in [4.69, 9.17) is 5.11 Å². The highest BCUT2D eigenvalue weighted by Crippen LogP contribution is 2.31. The lowest BCUT2D eigenvalue weighted by atomic mass is 10.2. The van der Waals surface area contributed by atoms with Crippen LogP contribution >= 0.6 is 0 Å². The summed E-state index contributed by atoms with van der Waals surface area (Å²) in [7, 11) is 0. The van der Waals surface area contributed by atoms with E-state index in [1.165, 1.54) is 12.3 Å². The topological polar surface area (TPSA) is 33.1 Å².